The molecule has 1 aromatic carbocycles. The number of halogens is 3. The maximum Gasteiger partial charge on any atom is 0.426 e. The molecular weight excluding hydrogens is 335 g/mol. The summed E-state index contributed by atoms with van der Waals surface area (Å²) in [4.78, 5) is 16.2. The number of aliphatic hydroxyl groups is 1. The van der Waals surface area contributed by atoms with Gasteiger partial charge in [0.25, 0.3) is 5.91 Å². The molecule has 0 saturated heterocycles. The van der Waals surface area contributed by atoms with Crippen LogP contribution >= 0.6 is 0 Å². The lowest BCUT2D eigenvalue weighted by Crippen LogP contribution is -2.52. The largest absolute Gasteiger partial charge is 0.426 e. The zero-order valence-electron chi connectivity index (χ0n) is 13.3. The first-order chi connectivity index (χ1) is 11.1. The molecule has 1 amide bonds. The minimum Gasteiger partial charge on any atom is -0.373 e. The van der Waals surface area contributed by atoms with Crippen LogP contribution < -0.4 is 5.32 Å². The highest BCUT2D eigenvalue weighted by Crippen LogP contribution is 2.38. The normalized spacial score (nSPS) is 17.5. The number of hydrogen-bond acceptors (Lipinski definition) is 3. The van der Waals surface area contributed by atoms with Gasteiger partial charge in [0, 0.05) is 6.04 Å². The SMILES string of the molecule is C.Cc1ccc2nc(NC(=O)[C@@](C)(O)C(F)(F)F)n(C3CCC3)c2c1. The maximum atomic E-state index is 12.8. The van der Waals surface area contributed by atoms with Gasteiger partial charge in [-0.2, -0.15) is 13.2 Å². The Bertz CT molecular complexity index is 792. The molecule has 1 aliphatic carbocycles. The number of aryl methyl sites for hydroxylation is 1. The second-order valence-corrected chi connectivity index (χ2v) is 6.41. The Kier molecular flexibility index (Phi) is 4.87. The van der Waals surface area contributed by atoms with Gasteiger partial charge < -0.3 is 9.67 Å². The van der Waals surface area contributed by atoms with E-state index in [0.29, 0.717) is 12.4 Å². The van der Waals surface area contributed by atoms with Crippen molar-refractivity contribution < 1.29 is 23.1 Å². The van der Waals surface area contributed by atoms with E-state index in [-0.39, 0.29) is 19.4 Å². The smallest absolute Gasteiger partial charge is 0.373 e. The second-order valence-electron chi connectivity index (χ2n) is 6.41. The molecule has 1 fully saturated rings. The van der Waals surface area contributed by atoms with E-state index < -0.39 is 17.7 Å². The molecule has 0 unspecified atom stereocenters. The van der Waals surface area contributed by atoms with Crippen LogP contribution in [0.1, 0.15) is 45.2 Å². The molecule has 1 aromatic heterocycles. The number of anilines is 1. The number of carbonyl (C=O) groups is 1. The van der Waals surface area contributed by atoms with Crippen molar-refractivity contribution in [1.82, 2.24) is 9.55 Å². The fourth-order valence-electron chi connectivity index (χ4n) is 2.66. The summed E-state index contributed by atoms with van der Waals surface area (Å²) < 4.78 is 40.3. The topological polar surface area (TPSA) is 67.2 Å². The van der Waals surface area contributed by atoms with Gasteiger partial charge in [0.05, 0.1) is 11.0 Å². The van der Waals surface area contributed by atoms with Crippen LogP contribution in [0.5, 0.6) is 0 Å². The summed E-state index contributed by atoms with van der Waals surface area (Å²) in [5.41, 5.74) is -1.13. The van der Waals surface area contributed by atoms with E-state index in [1.807, 2.05) is 19.1 Å². The van der Waals surface area contributed by atoms with Gasteiger partial charge in [0.15, 0.2) is 0 Å². The Labute approximate surface area is 143 Å². The molecule has 0 radical (unpaired) electrons. The maximum absolute atomic E-state index is 12.8. The number of rotatable bonds is 3. The van der Waals surface area contributed by atoms with Gasteiger partial charge in [-0.3, -0.25) is 10.1 Å². The number of fused-ring (bicyclic) bond motifs is 1. The fourth-order valence-corrected chi connectivity index (χ4v) is 2.66. The lowest BCUT2D eigenvalue weighted by Gasteiger charge is -2.30. The first kappa shape index (κ1) is 19.2. The van der Waals surface area contributed by atoms with Crippen molar-refractivity contribution in [1.29, 1.82) is 0 Å². The molecule has 138 valence electrons. The van der Waals surface area contributed by atoms with Crippen molar-refractivity contribution >= 4 is 22.9 Å². The number of alkyl halides is 3. The first-order valence-corrected chi connectivity index (χ1v) is 7.70. The lowest BCUT2D eigenvalue weighted by molar-refractivity contribution is -0.242. The molecule has 1 saturated carbocycles. The molecule has 0 bridgehead atoms. The minimum absolute atomic E-state index is 0. The highest BCUT2D eigenvalue weighted by Gasteiger charge is 2.56. The summed E-state index contributed by atoms with van der Waals surface area (Å²) in [5, 5.41) is 11.7. The zero-order chi connectivity index (χ0) is 17.7. The Morgan fingerprint density at radius 3 is 2.52 bits per heavy atom. The third-order valence-electron chi connectivity index (χ3n) is 4.50. The molecule has 3 rings (SSSR count). The standard InChI is InChI=1S/C16H18F3N3O2.CH4/c1-9-6-7-11-12(8-9)22(10-4-3-5-10)14(20-11)21-13(23)15(2,24)16(17,18)19;/h6-8,10,24H,3-5H2,1-2H3,(H,20,21,23);1H4/t15-;/m1./s1. The van der Waals surface area contributed by atoms with E-state index in [2.05, 4.69) is 10.3 Å². The highest BCUT2D eigenvalue weighted by molar-refractivity contribution is 5.97. The van der Waals surface area contributed by atoms with Gasteiger partial charge in [-0.05, 0) is 50.8 Å². The molecule has 5 nitrogen and oxygen atoms in total. The van der Waals surface area contributed by atoms with E-state index in [1.165, 1.54) is 0 Å². The molecule has 2 N–H and O–H groups in total. The third kappa shape index (κ3) is 3.22. The number of carbonyl (C=O) groups excluding carboxylic acids is 1. The molecule has 2 aromatic rings. The van der Waals surface area contributed by atoms with Gasteiger partial charge in [-0.1, -0.05) is 13.5 Å². The van der Waals surface area contributed by atoms with Gasteiger partial charge in [0.2, 0.25) is 11.5 Å². The molecule has 1 aliphatic rings. The number of aromatic nitrogens is 2. The number of nitrogens with one attached hydrogen (secondary N) is 1. The molecule has 0 spiro atoms. The van der Waals surface area contributed by atoms with Crippen LogP contribution in [0.2, 0.25) is 0 Å². The first-order valence-electron chi connectivity index (χ1n) is 7.70. The number of nitrogens with zero attached hydrogens (tertiary/aromatic N) is 2. The van der Waals surface area contributed by atoms with Gasteiger partial charge >= 0.3 is 6.18 Å². The minimum atomic E-state index is -5.07. The molecule has 0 aliphatic heterocycles. The molecule has 8 heteroatoms. The van der Waals surface area contributed by atoms with E-state index in [0.717, 1.165) is 30.3 Å². The molecule has 1 heterocycles. The number of imidazole rings is 1. The Balaban J connectivity index is 0.00000225. The van der Waals surface area contributed by atoms with Crippen LogP contribution in [0.25, 0.3) is 11.0 Å². The predicted molar refractivity (Wildman–Crippen MR) is 89.4 cm³/mol. The Morgan fingerprint density at radius 2 is 2.00 bits per heavy atom. The molecular formula is C17H22F3N3O2. The van der Waals surface area contributed by atoms with Crippen LogP contribution in [0, 0.1) is 6.92 Å². The molecule has 1 atom stereocenters. The Morgan fingerprint density at radius 1 is 1.36 bits per heavy atom. The van der Waals surface area contributed by atoms with E-state index in [1.54, 1.807) is 10.6 Å². The van der Waals surface area contributed by atoms with Crippen molar-refractivity contribution in [3.63, 3.8) is 0 Å². The lowest BCUT2D eigenvalue weighted by atomic mass is 9.92. The summed E-state index contributed by atoms with van der Waals surface area (Å²) >= 11 is 0. The summed E-state index contributed by atoms with van der Waals surface area (Å²) in [5.74, 6) is -1.50. The summed E-state index contributed by atoms with van der Waals surface area (Å²) in [7, 11) is 0. The van der Waals surface area contributed by atoms with Crippen LogP contribution in [-0.2, 0) is 4.79 Å². The van der Waals surface area contributed by atoms with Gasteiger partial charge in [-0.25, -0.2) is 4.98 Å². The average Bonchev–Trinajstić information content (AvgIpc) is 2.74. The summed E-state index contributed by atoms with van der Waals surface area (Å²) in [6.45, 7) is 2.34. The highest BCUT2D eigenvalue weighted by atomic mass is 19.4. The fraction of sp³-hybridized carbons (Fsp3) is 0.529. The van der Waals surface area contributed by atoms with Crippen LogP contribution in [0.15, 0.2) is 18.2 Å². The predicted octanol–water partition coefficient (Wildman–Crippen LogP) is 3.96. The van der Waals surface area contributed by atoms with Crippen LogP contribution in [0.4, 0.5) is 19.1 Å². The Hall–Kier alpha value is -2.09. The van der Waals surface area contributed by atoms with Crippen molar-refractivity contribution in [2.24, 2.45) is 0 Å². The van der Waals surface area contributed by atoms with Gasteiger partial charge in [0.1, 0.15) is 0 Å². The van der Waals surface area contributed by atoms with Crippen molar-refractivity contribution in [3.05, 3.63) is 23.8 Å². The average molecular weight is 357 g/mol. The second kappa shape index (κ2) is 6.33. The number of amides is 1. The zero-order valence-corrected chi connectivity index (χ0v) is 13.3. The third-order valence-corrected chi connectivity index (χ3v) is 4.50. The van der Waals surface area contributed by atoms with Crippen LogP contribution in [-0.4, -0.2) is 32.3 Å². The monoisotopic (exact) mass is 357 g/mol. The summed E-state index contributed by atoms with van der Waals surface area (Å²) in [6, 6.07) is 5.58. The quantitative estimate of drug-likeness (QED) is 0.874. The molecule has 25 heavy (non-hydrogen) atoms. The van der Waals surface area contributed by atoms with E-state index >= 15 is 0 Å². The van der Waals surface area contributed by atoms with Crippen molar-refractivity contribution in [2.75, 3.05) is 5.32 Å². The van der Waals surface area contributed by atoms with Crippen molar-refractivity contribution in [3.8, 4) is 0 Å². The van der Waals surface area contributed by atoms with Crippen molar-refractivity contribution in [2.45, 2.75) is 58.4 Å². The van der Waals surface area contributed by atoms with Gasteiger partial charge in [-0.15, -0.1) is 0 Å². The number of benzene rings is 1. The van der Waals surface area contributed by atoms with E-state index in [9.17, 15) is 23.1 Å². The van der Waals surface area contributed by atoms with Crippen LogP contribution in [0.3, 0.4) is 0 Å². The number of hydrogen-bond donors (Lipinski definition) is 2. The summed E-state index contributed by atoms with van der Waals surface area (Å²) in [6.07, 6.45) is -2.30. The van der Waals surface area contributed by atoms with E-state index in [4.69, 9.17) is 0 Å².